The van der Waals surface area contributed by atoms with E-state index in [4.69, 9.17) is 0 Å². The third kappa shape index (κ3) is 4.12. The highest BCUT2D eigenvalue weighted by Gasteiger charge is 2.16. The first-order valence-corrected chi connectivity index (χ1v) is 11.2. The van der Waals surface area contributed by atoms with Gasteiger partial charge in [0.1, 0.15) is 12.1 Å². The van der Waals surface area contributed by atoms with Gasteiger partial charge in [-0.1, -0.05) is 26.0 Å². The number of hydrogen-bond acceptors (Lipinski definition) is 5. The van der Waals surface area contributed by atoms with Crippen LogP contribution in [0.15, 0.2) is 35.0 Å². The van der Waals surface area contributed by atoms with E-state index >= 15 is 0 Å². The Balaban J connectivity index is 2.13. The van der Waals surface area contributed by atoms with Crippen molar-refractivity contribution >= 4 is 57.3 Å². The summed E-state index contributed by atoms with van der Waals surface area (Å²) >= 11 is 4.83. The summed E-state index contributed by atoms with van der Waals surface area (Å²) in [6.45, 7) is 4.29. The third-order valence-electron chi connectivity index (χ3n) is 4.25. The van der Waals surface area contributed by atoms with Crippen LogP contribution < -0.4 is 0 Å². The van der Waals surface area contributed by atoms with E-state index in [0.29, 0.717) is 11.1 Å². The summed E-state index contributed by atoms with van der Waals surface area (Å²) in [5, 5.41) is 23.2. The molecule has 3 aromatic heterocycles. The fourth-order valence-corrected chi connectivity index (χ4v) is 5.75. The Morgan fingerprint density at radius 3 is 1.59 bits per heavy atom. The summed E-state index contributed by atoms with van der Waals surface area (Å²) in [6.07, 6.45) is 5.82. The maximum absolute atomic E-state index is 9.60. The van der Waals surface area contributed by atoms with E-state index < -0.39 is 0 Å². The predicted octanol–water partition coefficient (Wildman–Crippen LogP) is 7.12. The number of rotatable bonds is 6. The monoisotopic (exact) mass is 406 g/mol. The van der Waals surface area contributed by atoms with Crippen molar-refractivity contribution in [3.8, 4) is 12.1 Å². The lowest BCUT2D eigenvalue weighted by Crippen LogP contribution is -1.89. The molecule has 2 nitrogen and oxygen atoms in total. The van der Waals surface area contributed by atoms with Gasteiger partial charge in [-0.3, -0.25) is 0 Å². The standard InChI is InChI=1S/C22H18N2S3/c1-3-17-18(4-2)22(12-16(14-24)20-8-6-10-26-20)27-21(17)11-15(13-23)19-7-5-9-25-19/h5-12H,3-4H2,1-2H3/b15-11+,16-12+. The van der Waals surface area contributed by atoms with Gasteiger partial charge in [0.2, 0.25) is 0 Å². The molecule has 0 aliphatic heterocycles. The molecule has 0 unspecified atom stereocenters. The first-order valence-electron chi connectivity index (χ1n) is 8.67. The lowest BCUT2D eigenvalue weighted by molar-refractivity contribution is 1.05. The Kier molecular flexibility index (Phi) is 6.42. The molecule has 0 aromatic carbocycles. The van der Waals surface area contributed by atoms with E-state index in [2.05, 4.69) is 26.0 Å². The van der Waals surface area contributed by atoms with Gasteiger partial charge < -0.3 is 0 Å². The Bertz CT molecular complexity index is 966. The molecule has 3 rings (SSSR count). The molecule has 0 amide bonds. The van der Waals surface area contributed by atoms with E-state index in [9.17, 15) is 10.5 Å². The van der Waals surface area contributed by atoms with Crippen LogP contribution in [0, 0.1) is 22.7 Å². The van der Waals surface area contributed by atoms with Gasteiger partial charge in [-0.2, -0.15) is 10.5 Å². The largest absolute Gasteiger partial charge is 0.192 e. The Morgan fingerprint density at radius 1 is 0.852 bits per heavy atom. The molecule has 3 aromatic rings. The van der Waals surface area contributed by atoms with Crippen molar-refractivity contribution in [1.29, 1.82) is 10.5 Å². The molecular weight excluding hydrogens is 388 g/mol. The normalized spacial score (nSPS) is 12.0. The highest BCUT2D eigenvalue weighted by Crippen LogP contribution is 2.36. The summed E-state index contributed by atoms with van der Waals surface area (Å²) in [7, 11) is 0. The average molecular weight is 407 g/mol. The molecule has 0 spiro atoms. The molecule has 0 radical (unpaired) electrons. The number of nitriles is 2. The van der Waals surface area contributed by atoms with Gasteiger partial charge in [-0.25, -0.2) is 0 Å². The first-order chi connectivity index (χ1) is 13.2. The van der Waals surface area contributed by atoms with E-state index in [1.165, 1.54) is 11.1 Å². The zero-order valence-electron chi connectivity index (χ0n) is 15.2. The minimum atomic E-state index is 0.692. The zero-order chi connectivity index (χ0) is 19.2. The summed E-state index contributed by atoms with van der Waals surface area (Å²) in [5.74, 6) is 0. The quantitative estimate of drug-likeness (QED) is 0.409. The molecule has 134 valence electrons. The number of thiophene rings is 3. The molecule has 0 aliphatic carbocycles. The van der Waals surface area contributed by atoms with Crippen molar-refractivity contribution in [2.75, 3.05) is 0 Å². The fraction of sp³-hybridized carbons (Fsp3) is 0.182. The lowest BCUT2D eigenvalue weighted by Gasteiger charge is -2.02. The molecule has 5 heteroatoms. The maximum atomic E-state index is 9.60. The minimum absolute atomic E-state index is 0.692. The highest BCUT2D eigenvalue weighted by atomic mass is 32.1. The second-order valence-electron chi connectivity index (χ2n) is 5.79. The molecular formula is C22H18N2S3. The van der Waals surface area contributed by atoms with Crippen molar-refractivity contribution in [2.45, 2.75) is 26.7 Å². The molecule has 0 atom stereocenters. The number of nitrogens with zero attached hydrogens (tertiary/aromatic N) is 2. The summed E-state index contributed by atoms with van der Waals surface area (Å²) in [6, 6.07) is 12.6. The molecule has 27 heavy (non-hydrogen) atoms. The lowest BCUT2D eigenvalue weighted by atomic mass is 10.0. The number of hydrogen-bond donors (Lipinski definition) is 0. The molecule has 3 heterocycles. The molecule has 0 saturated heterocycles. The van der Waals surface area contributed by atoms with Crippen molar-refractivity contribution in [2.24, 2.45) is 0 Å². The van der Waals surface area contributed by atoms with E-state index in [0.717, 1.165) is 32.4 Å². The van der Waals surface area contributed by atoms with Crippen molar-refractivity contribution in [3.05, 3.63) is 65.7 Å². The summed E-state index contributed by atoms with van der Waals surface area (Å²) in [5.41, 5.74) is 3.94. The van der Waals surface area contributed by atoms with Crippen LogP contribution in [0.5, 0.6) is 0 Å². The van der Waals surface area contributed by atoms with Crippen molar-refractivity contribution < 1.29 is 0 Å². The van der Waals surface area contributed by atoms with Gasteiger partial charge in [0.25, 0.3) is 0 Å². The SMILES string of the molecule is CCc1c(/C=C(\C#N)c2cccs2)sc(/C=C(\C#N)c2cccs2)c1CC. The first kappa shape index (κ1) is 19.3. The molecule has 0 aliphatic rings. The van der Waals surface area contributed by atoms with Crippen LogP contribution >= 0.6 is 34.0 Å². The molecule has 0 fully saturated rings. The minimum Gasteiger partial charge on any atom is -0.192 e. The Labute approximate surface area is 172 Å². The van der Waals surface area contributed by atoms with Gasteiger partial charge in [-0.05, 0) is 59.0 Å². The Morgan fingerprint density at radius 2 is 1.30 bits per heavy atom. The molecule has 0 bridgehead atoms. The average Bonchev–Trinajstić information content (AvgIpc) is 3.44. The summed E-state index contributed by atoms with van der Waals surface area (Å²) in [4.78, 5) is 4.21. The van der Waals surface area contributed by atoms with E-state index in [-0.39, 0.29) is 0 Å². The van der Waals surface area contributed by atoms with Crippen molar-refractivity contribution in [3.63, 3.8) is 0 Å². The van der Waals surface area contributed by atoms with Gasteiger partial charge >= 0.3 is 0 Å². The smallest absolute Gasteiger partial charge is 0.101 e. The summed E-state index contributed by atoms with van der Waals surface area (Å²) < 4.78 is 0. The van der Waals surface area contributed by atoms with Gasteiger partial charge in [0, 0.05) is 19.5 Å². The van der Waals surface area contributed by atoms with Gasteiger partial charge in [-0.15, -0.1) is 34.0 Å². The third-order valence-corrected chi connectivity index (χ3v) is 7.23. The van der Waals surface area contributed by atoms with Crippen LogP contribution in [0.2, 0.25) is 0 Å². The number of allylic oxidation sites excluding steroid dienone is 2. The van der Waals surface area contributed by atoms with E-state index in [1.807, 2.05) is 47.2 Å². The topological polar surface area (TPSA) is 47.6 Å². The molecule has 0 N–H and O–H groups in total. The zero-order valence-corrected chi connectivity index (χ0v) is 17.6. The molecule has 0 saturated carbocycles. The second-order valence-corrected chi connectivity index (χ2v) is 8.77. The van der Waals surface area contributed by atoms with Gasteiger partial charge in [0.15, 0.2) is 0 Å². The van der Waals surface area contributed by atoms with Crippen LogP contribution in [-0.2, 0) is 12.8 Å². The second kappa shape index (κ2) is 8.97. The van der Waals surface area contributed by atoms with Crippen LogP contribution in [0.25, 0.3) is 23.3 Å². The van der Waals surface area contributed by atoms with Crippen LogP contribution in [0.3, 0.4) is 0 Å². The van der Waals surface area contributed by atoms with Crippen LogP contribution in [-0.4, -0.2) is 0 Å². The van der Waals surface area contributed by atoms with Crippen LogP contribution in [0.4, 0.5) is 0 Å². The highest BCUT2D eigenvalue weighted by molar-refractivity contribution is 7.14. The fourth-order valence-electron chi connectivity index (χ4n) is 2.99. The van der Waals surface area contributed by atoms with E-state index in [1.54, 1.807) is 34.0 Å². The predicted molar refractivity (Wildman–Crippen MR) is 119 cm³/mol. The maximum Gasteiger partial charge on any atom is 0.101 e. The Hall–Kier alpha value is -2.44. The van der Waals surface area contributed by atoms with Crippen LogP contribution in [0.1, 0.15) is 44.5 Å². The van der Waals surface area contributed by atoms with Crippen molar-refractivity contribution in [1.82, 2.24) is 0 Å². The van der Waals surface area contributed by atoms with Gasteiger partial charge in [0.05, 0.1) is 11.1 Å².